The molecule has 1 heterocycles. The Morgan fingerprint density at radius 1 is 1.15 bits per heavy atom. The Labute approximate surface area is 214 Å². The van der Waals surface area contributed by atoms with Gasteiger partial charge in [-0.15, -0.1) is 24.0 Å². The van der Waals surface area contributed by atoms with Crippen molar-refractivity contribution in [3.63, 3.8) is 0 Å². The van der Waals surface area contributed by atoms with Gasteiger partial charge in [-0.3, -0.25) is 9.59 Å². The van der Waals surface area contributed by atoms with Gasteiger partial charge in [-0.2, -0.15) is 0 Å². The van der Waals surface area contributed by atoms with Crippen molar-refractivity contribution in [3.05, 3.63) is 35.4 Å². The fraction of sp³-hybridized carbons (Fsp3) is 0.625. The number of nitrogens with zero attached hydrogens (tertiary/aromatic N) is 2. The van der Waals surface area contributed by atoms with Gasteiger partial charge in [0.2, 0.25) is 5.91 Å². The van der Waals surface area contributed by atoms with Crippen molar-refractivity contribution < 1.29 is 14.3 Å². The molecule has 1 saturated carbocycles. The molecule has 1 aliphatic heterocycles. The molecule has 2 fully saturated rings. The maximum atomic E-state index is 12.6. The van der Waals surface area contributed by atoms with Crippen LogP contribution in [-0.2, 0) is 16.1 Å². The minimum absolute atomic E-state index is 0. The highest BCUT2D eigenvalue weighted by Crippen LogP contribution is 2.19. The monoisotopic (exact) mass is 571 g/mol. The van der Waals surface area contributed by atoms with Crippen molar-refractivity contribution in [2.45, 2.75) is 58.1 Å². The van der Waals surface area contributed by atoms with E-state index in [1.807, 2.05) is 19.1 Å². The summed E-state index contributed by atoms with van der Waals surface area (Å²) in [7, 11) is 0. The Morgan fingerprint density at radius 2 is 1.88 bits per heavy atom. The molecule has 2 aliphatic rings. The molecule has 2 amide bonds. The smallest absolute Gasteiger partial charge is 0.254 e. The molecule has 0 aromatic heterocycles. The number of hydrogen-bond donors (Lipinski definition) is 3. The second kappa shape index (κ2) is 15.1. The molecule has 3 rings (SSSR count). The van der Waals surface area contributed by atoms with E-state index < -0.39 is 0 Å². The van der Waals surface area contributed by atoms with Crippen LogP contribution in [-0.4, -0.2) is 68.1 Å². The molecule has 3 N–H and O–H groups in total. The lowest BCUT2D eigenvalue weighted by Crippen LogP contribution is -2.49. The zero-order chi connectivity index (χ0) is 22.6. The summed E-state index contributed by atoms with van der Waals surface area (Å²) in [6.07, 6.45) is 7.98. The molecule has 1 aromatic rings. The SMILES string of the molecule is CCNC(=NCc1ccc(C(=O)N2CCNC(=O)C2)cc1)NCCOC1CCCCCC1.I. The highest BCUT2D eigenvalue weighted by molar-refractivity contribution is 14.0. The van der Waals surface area contributed by atoms with E-state index in [4.69, 9.17) is 4.74 Å². The first kappa shape index (κ1) is 27.4. The van der Waals surface area contributed by atoms with Crippen LogP contribution in [0.2, 0.25) is 0 Å². The van der Waals surface area contributed by atoms with Crippen LogP contribution in [0, 0.1) is 0 Å². The summed E-state index contributed by atoms with van der Waals surface area (Å²) in [6, 6.07) is 7.44. The molecular weight excluding hydrogens is 533 g/mol. The maximum absolute atomic E-state index is 12.6. The Morgan fingerprint density at radius 3 is 2.55 bits per heavy atom. The van der Waals surface area contributed by atoms with Gasteiger partial charge in [-0.05, 0) is 37.5 Å². The molecule has 1 aliphatic carbocycles. The first-order valence-corrected chi connectivity index (χ1v) is 11.9. The summed E-state index contributed by atoms with van der Waals surface area (Å²) in [4.78, 5) is 30.3. The van der Waals surface area contributed by atoms with Crippen molar-refractivity contribution in [3.8, 4) is 0 Å². The summed E-state index contributed by atoms with van der Waals surface area (Å²) in [5, 5.41) is 9.34. The Kier molecular flexibility index (Phi) is 12.5. The van der Waals surface area contributed by atoms with Crippen LogP contribution in [0.3, 0.4) is 0 Å². The number of rotatable bonds is 8. The van der Waals surface area contributed by atoms with Crippen molar-refractivity contribution in [2.24, 2.45) is 4.99 Å². The number of hydrogen-bond acceptors (Lipinski definition) is 4. The van der Waals surface area contributed by atoms with E-state index in [2.05, 4.69) is 20.9 Å². The number of aliphatic imine (C=N–C) groups is 1. The minimum Gasteiger partial charge on any atom is -0.376 e. The van der Waals surface area contributed by atoms with Crippen LogP contribution >= 0.6 is 24.0 Å². The number of guanidine groups is 1. The van der Waals surface area contributed by atoms with Crippen molar-refractivity contribution in [1.29, 1.82) is 0 Å². The molecule has 1 aromatic carbocycles. The van der Waals surface area contributed by atoms with E-state index in [0.29, 0.717) is 37.9 Å². The Balaban J connectivity index is 0.00000385. The number of benzene rings is 1. The lowest BCUT2D eigenvalue weighted by Gasteiger charge is -2.26. The average molecular weight is 572 g/mol. The molecule has 1 saturated heterocycles. The van der Waals surface area contributed by atoms with Crippen molar-refractivity contribution in [1.82, 2.24) is 20.9 Å². The topological polar surface area (TPSA) is 95.1 Å². The molecule has 0 spiro atoms. The molecule has 9 heteroatoms. The second-order valence-corrected chi connectivity index (χ2v) is 8.38. The lowest BCUT2D eigenvalue weighted by atomic mass is 10.1. The summed E-state index contributed by atoms with van der Waals surface area (Å²) in [6.45, 7) is 5.90. The van der Waals surface area contributed by atoms with E-state index >= 15 is 0 Å². The summed E-state index contributed by atoms with van der Waals surface area (Å²) in [5.41, 5.74) is 1.61. The van der Waals surface area contributed by atoms with Crippen LogP contribution in [0.15, 0.2) is 29.3 Å². The van der Waals surface area contributed by atoms with Gasteiger partial charge in [0.05, 0.1) is 25.8 Å². The summed E-state index contributed by atoms with van der Waals surface area (Å²) >= 11 is 0. The summed E-state index contributed by atoms with van der Waals surface area (Å²) < 4.78 is 6.04. The van der Waals surface area contributed by atoms with Crippen LogP contribution in [0.1, 0.15) is 61.4 Å². The third kappa shape index (κ3) is 9.48. The third-order valence-electron chi connectivity index (χ3n) is 5.84. The van der Waals surface area contributed by atoms with Crippen LogP contribution in [0.25, 0.3) is 0 Å². The molecule has 8 nitrogen and oxygen atoms in total. The zero-order valence-electron chi connectivity index (χ0n) is 19.6. The molecule has 0 bridgehead atoms. The van der Waals surface area contributed by atoms with Gasteiger partial charge in [-0.1, -0.05) is 37.8 Å². The number of halogens is 1. The quantitative estimate of drug-likeness (QED) is 0.147. The van der Waals surface area contributed by atoms with Gasteiger partial charge in [0.15, 0.2) is 5.96 Å². The number of piperazine rings is 1. The Hall–Kier alpha value is -1.88. The largest absolute Gasteiger partial charge is 0.376 e. The Bertz CT molecular complexity index is 764. The second-order valence-electron chi connectivity index (χ2n) is 8.38. The van der Waals surface area contributed by atoms with Crippen LogP contribution in [0.5, 0.6) is 0 Å². The van der Waals surface area contributed by atoms with Gasteiger partial charge in [0, 0.05) is 31.7 Å². The number of carbonyl (C=O) groups excluding carboxylic acids is 2. The fourth-order valence-electron chi connectivity index (χ4n) is 4.06. The number of amides is 2. The minimum atomic E-state index is -0.112. The van der Waals surface area contributed by atoms with E-state index in [-0.39, 0.29) is 42.3 Å². The first-order chi connectivity index (χ1) is 15.7. The molecule has 0 radical (unpaired) electrons. The molecule has 33 heavy (non-hydrogen) atoms. The predicted octanol–water partition coefficient (Wildman–Crippen LogP) is 2.67. The number of ether oxygens (including phenoxy) is 1. The van der Waals surface area contributed by atoms with Gasteiger partial charge in [0.1, 0.15) is 0 Å². The van der Waals surface area contributed by atoms with Gasteiger partial charge in [0.25, 0.3) is 5.91 Å². The lowest BCUT2D eigenvalue weighted by molar-refractivity contribution is -0.123. The normalized spacial score (nSPS) is 17.5. The molecule has 0 unspecified atom stereocenters. The van der Waals surface area contributed by atoms with Gasteiger partial charge < -0.3 is 25.6 Å². The molecule has 0 atom stereocenters. The van der Waals surface area contributed by atoms with Crippen molar-refractivity contribution in [2.75, 3.05) is 39.3 Å². The van der Waals surface area contributed by atoms with Gasteiger partial charge >= 0.3 is 0 Å². The molecular formula is C24H38IN5O3. The maximum Gasteiger partial charge on any atom is 0.254 e. The van der Waals surface area contributed by atoms with E-state index in [9.17, 15) is 9.59 Å². The average Bonchev–Trinajstić information content (AvgIpc) is 3.09. The first-order valence-electron chi connectivity index (χ1n) is 11.9. The number of carbonyl (C=O) groups is 2. The zero-order valence-corrected chi connectivity index (χ0v) is 21.9. The molecule has 184 valence electrons. The third-order valence-corrected chi connectivity index (χ3v) is 5.84. The van der Waals surface area contributed by atoms with E-state index in [1.165, 1.54) is 38.5 Å². The summed E-state index contributed by atoms with van der Waals surface area (Å²) in [5.74, 6) is 0.536. The highest BCUT2D eigenvalue weighted by atomic mass is 127. The fourth-order valence-corrected chi connectivity index (χ4v) is 4.06. The van der Waals surface area contributed by atoms with Crippen LogP contribution < -0.4 is 16.0 Å². The van der Waals surface area contributed by atoms with E-state index in [1.54, 1.807) is 17.0 Å². The van der Waals surface area contributed by atoms with Crippen LogP contribution in [0.4, 0.5) is 0 Å². The standard InChI is InChI=1S/C24H37N5O3.HI/c1-2-25-24(27-14-16-32-21-7-5-3-4-6-8-21)28-17-19-9-11-20(12-10-19)23(31)29-15-13-26-22(30)18-29;/h9-12,21H,2-8,13-18H2,1H3,(H,26,30)(H2,25,27,28);1H. The predicted molar refractivity (Wildman–Crippen MR) is 141 cm³/mol. The van der Waals surface area contributed by atoms with Gasteiger partial charge in [-0.25, -0.2) is 4.99 Å². The van der Waals surface area contributed by atoms with Crippen molar-refractivity contribution >= 4 is 41.8 Å². The van der Waals surface area contributed by atoms with E-state index in [0.717, 1.165) is 24.6 Å². The highest BCUT2D eigenvalue weighted by Gasteiger charge is 2.22. The number of nitrogens with one attached hydrogen (secondary N) is 3.